The first-order valence-corrected chi connectivity index (χ1v) is 11.5. The van der Waals surface area contributed by atoms with E-state index in [-0.39, 0.29) is 17.4 Å². The minimum Gasteiger partial charge on any atom is -0.368 e. The van der Waals surface area contributed by atoms with E-state index in [0.717, 1.165) is 15.1 Å². The minimum atomic E-state index is -0.454. The van der Waals surface area contributed by atoms with Crippen molar-refractivity contribution in [3.63, 3.8) is 0 Å². The van der Waals surface area contributed by atoms with E-state index in [1.54, 1.807) is 29.2 Å². The Bertz CT molecular complexity index is 1130. The number of rotatable bonds is 5. The zero-order valence-electron chi connectivity index (χ0n) is 16.9. The van der Waals surface area contributed by atoms with E-state index in [4.69, 9.17) is 0 Å². The molecule has 0 bridgehead atoms. The molecule has 6 nitrogen and oxygen atoms in total. The van der Waals surface area contributed by atoms with E-state index in [1.165, 1.54) is 30.0 Å². The Hall–Kier alpha value is -2.91. The van der Waals surface area contributed by atoms with Crippen LogP contribution in [-0.4, -0.2) is 41.9 Å². The lowest BCUT2D eigenvalue weighted by Gasteiger charge is -2.36. The van der Waals surface area contributed by atoms with E-state index in [0.29, 0.717) is 36.6 Å². The Balaban J connectivity index is 1.46. The number of carbonyl (C=O) groups is 1. The highest BCUT2D eigenvalue weighted by molar-refractivity contribution is 9.10. The van der Waals surface area contributed by atoms with Gasteiger partial charge in [0, 0.05) is 52.9 Å². The predicted octanol–water partition coefficient (Wildman–Crippen LogP) is 5.61. The van der Waals surface area contributed by atoms with E-state index < -0.39 is 4.92 Å². The van der Waals surface area contributed by atoms with Gasteiger partial charge in [0.25, 0.3) is 11.6 Å². The predicted molar refractivity (Wildman–Crippen MR) is 126 cm³/mol. The molecule has 9 heteroatoms. The maximum Gasteiger partial charge on any atom is 0.284 e. The summed E-state index contributed by atoms with van der Waals surface area (Å²) < 4.78 is 14.1. The summed E-state index contributed by atoms with van der Waals surface area (Å²) in [4.78, 5) is 29.3. The molecule has 1 aliphatic heterocycles. The van der Waals surface area contributed by atoms with E-state index in [2.05, 4.69) is 20.8 Å². The first-order chi connectivity index (χ1) is 15.4. The zero-order valence-corrected chi connectivity index (χ0v) is 19.3. The number of anilines is 1. The van der Waals surface area contributed by atoms with Crippen LogP contribution in [0.4, 0.5) is 15.8 Å². The van der Waals surface area contributed by atoms with Crippen molar-refractivity contribution >= 4 is 45.0 Å². The molecule has 0 radical (unpaired) electrons. The third kappa shape index (κ3) is 5.11. The monoisotopic (exact) mass is 515 g/mol. The van der Waals surface area contributed by atoms with Gasteiger partial charge >= 0.3 is 0 Å². The first-order valence-electron chi connectivity index (χ1n) is 9.92. The molecule has 32 heavy (non-hydrogen) atoms. The Morgan fingerprint density at radius 1 is 0.969 bits per heavy atom. The Morgan fingerprint density at radius 2 is 1.62 bits per heavy atom. The lowest BCUT2D eigenvalue weighted by molar-refractivity contribution is -0.387. The van der Waals surface area contributed by atoms with Crippen LogP contribution in [0.3, 0.4) is 0 Å². The highest BCUT2D eigenvalue weighted by atomic mass is 79.9. The van der Waals surface area contributed by atoms with Crippen molar-refractivity contribution in [2.45, 2.75) is 9.79 Å². The minimum absolute atomic E-state index is 0.0892. The van der Waals surface area contributed by atoms with Crippen molar-refractivity contribution in [3.8, 4) is 0 Å². The Labute approximate surface area is 197 Å². The third-order valence-corrected chi connectivity index (χ3v) is 6.80. The summed E-state index contributed by atoms with van der Waals surface area (Å²) >= 11 is 4.66. The maximum absolute atomic E-state index is 13.1. The summed E-state index contributed by atoms with van der Waals surface area (Å²) in [5, 5.41) is 11.7. The zero-order chi connectivity index (χ0) is 22.7. The van der Waals surface area contributed by atoms with Gasteiger partial charge in [-0.15, -0.1) is 0 Å². The van der Waals surface area contributed by atoms with Gasteiger partial charge in [-0.2, -0.15) is 0 Å². The average molecular weight is 516 g/mol. The molecule has 1 saturated heterocycles. The number of piperazine rings is 1. The molecule has 0 aromatic heterocycles. The lowest BCUT2D eigenvalue weighted by atomic mass is 10.1. The van der Waals surface area contributed by atoms with Crippen LogP contribution in [0, 0.1) is 15.9 Å². The van der Waals surface area contributed by atoms with Crippen molar-refractivity contribution < 1.29 is 14.1 Å². The second-order valence-corrected chi connectivity index (χ2v) is 9.28. The summed E-state index contributed by atoms with van der Waals surface area (Å²) in [5.74, 6) is -0.516. The van der Waals surface area contributed by atoms with Gasteiger partial charge in [0.15, 0.2) is 0 Å². The van der Waals surface area contributed by atoms with Crippen LogP contribution in [0.2, 0.25) is 0 Å². The van der Waals surface area contributed by atoms with Gasteiger partial charge < -0.3 is 9.80 Å². The van der Waals surface area contributed by atoms with Gasteiger partial charge in [0.2, 0.25) is 0 Å². The number of nitrogens with zero attached hydrogens (tertiary/aromatic N) is 3. The van der Waals surface area contributed by atoms with E-state index in [1.807, 2.05) is 24.3 Å². The van der Waals surface area contributed by atoms with Gasteiger partial charge in [-0.05, 0) is 60.7 Å². The second-order valence-electron chi connectivity index (χ2n) is 7.25. The average Bonchev–Trinajstić information content (AvgIpc) is 2.81. The summed E-state index contributed by atoms with van der Waals surface area (Å²) in [6, 6.07) is 18.4. The normalized spacial score (nSPS) is 13.8. The fraction of sp³-hybridized carbons (Fsp3) is 0.174. The van der Waals surface area contributed by atoms with Gasteiger partial charge in [-0.3, -0.25) is 14.9 Å². The summed E-state index contributed by atoms with van der Waals surface area (Å²) in [7, 11) is 0. The molecule has 1 fully saturated rings. The van der Waals surface area contributed by atoms with Crippen LogP contribution in [0.1, 0.15) is 10.4 Å². The molecule has 0 spiro atoms. The molecule has 4 rings (SSSR count). The van der Waals surface area contributed by atoms with Gasteiger partial charge in [0.05, 0.1) is 9.82 Å². The van der Waals surface area contributed by atoms with Crippen molar-refractivity contribution in [2.75, 3.05) is 31.1 Å². The molecule has 0 saturated carbocycles. The van der Waals surface area contributed by atoms with Crippen LogP contribution in [0.25, 0.3) is 0 Å². The highest BCUT2D eigenvalue weighted by Gasteiger charge is 2.25. The first kappa shape index (κ1) is 22.3. The SMILES string of the molecule is O=C(c1ccc(Sc2ccc(Br)cc2)c([N+](=O)[O-])c1)N1CCN(c2ccc(F)cc2)CC1. The maximum atomic E-state index is 13.1. The summed E-state index contributed by atoms with van der Waals surface area (Å²) in [5.41, 5.74) is 1.12. The number of carbonyl (C=O) groups excluding carboxylic acids is 1. The van der Waals surface area contributed by atoms with Crippen molar-refractivity contribution in [3.05, 3.63) is 92.7 Å². The van der Waals surface area contributed by atoms with Crippen LogP contribution in [-0.2, 0) is 0 Å². The quantitative estimate of drug-likeness (QED) is 0.326. The molecule has 0 unspecified atom stereocenters. The van der Waals surface area contributed by atoms with Crippen molar-refractivity contribution in [2.24, 2.45) is 0 Å². The summed E-state index contributed by atoms with van der Waals surface area (Å²) in [6.07, 6.45) is 0. The number of benzene rings is 3. The van der Waals surface area contributed by atoms with Crippen LogP contribution in [0.5, 0.6) is 0 Å². The molecule has 0 N–H and O–H groups in total. The topological polar surface area (TPSA) is 66.7 Å². The standard InChI is InChI=1S/C23H19BrFN3O3S/c24-17-2-8-20(9-3-17)32-22-10-1-16(15-21(22)28(30)31)23(29)27-13-11-26(12-14-27)19-6-4-18(25)5-7-19/h1-10,15H,11-14H2. The largest absolute Gasteiger partial charge is 0.368 e. The molecular formula is C23H19BrFN3O3S. The number of nitro groups is 1. The summed E-state index contributed by atoms with van der Waals surface area (Å²) in [6.45, 7) is 2.19. The van der Waals surface area contributed by atoms with Crippen molar-refractivity contribution in [1.82, 2.24) is 4.90 Å². The molecule has 164 valence electrons. The van der Waals surface area contributed by atoms with Gasteiger partial charge in [0.1, 0.15) is 5.82 Å². The van der Waals surface area contributed by atoms with E-state index in [9.17, 15) is 19.3 Å². The number of hydrogen-bond acceptors (Lipinski definition) is 5. The molecule has 3 aromatic carbocycles. The number of hydrogen-bond donors (Lipinski definition) is 0. The van der Waals surface area contributed by atoms with Crippen LogP contribution in [0.15, 0.2) is 81.0 Å². The molecule has 3 aromatic rings. The molecule has 0 aliphatic carbocycles. The third-order valence-electron chi connectivity index (χ3n) is 5.20. The fourth-order valence-electron chi connectivity index (χ4n) is 3.51. The molecule has 0 atom stereocenters. The number of amides is 1. The molecular weight excluding hydrogens is 497 g/mol. The second kappa shape index (κ2) is 9.70. The molecule has 1 amide bonds. The van der Waals surface area contributed by atoms with Crippen LogP contribution < -0.4 is 4.90 Å². The van der Waals surface area contributed by atoms with Gasteiger partial charge in [-0.1, -0.05) is 27.7 Å². The van der Waals surface area contributed by atoms with Crippen molar-refractivity contribution in [1.29, 1.82) is 0 Å². The molecule has 1 heterocycles. The van der Waals surface area contributed by atoms with E-state index >= 15 is 0 Å². The lowest BCUT2D eigenvalue weighted by Crippen LogP contribution is -2.48. The highest BCUT2D eigenvalue weighted by Crippen LogP contribution is 2.36. The van der Waals surface area contributed by atoms with Crippen LogP contribution >= 0.6 is 27.7 Å². The molecule has 1 aliphatic rings. The number of nitro benzene ring substituents is 1. The Kier molecular flexibility index (Phi) is 6.76. The fourth-order valence-corrected chi connectivity index (χ4v) is 4.68. The van der Waals surface area contributed by atoms with Gasteiger partial charge in [-0.25, -0.2) is 4.39 Å². The Morgan fingerprint density at radius 3 is 2.25 bits per heavy atom. The smallest absolute Gasteiger partial charge is 0.284 e. The number of halogens is 2.